The van der Waals surface area contributed by atoms with Crippen molar-refractivity contribution in [2.75, 3.05) is 6.61 Å². The van der Waals surface area contributed by atoms with Crippen LogP contribution in [-0.2, 0) is 9.53 Å². The third-order valence-corrected chi connectivity index (χ3v) is 1.91. The number of aliphatic carboxylic acids is 1. The van der Waals surface area contributed by atoms with Crippen molar-refractivity contribution in [3.8, 4) is 0 Å². The van der Waals surface area contributed by atoms with Crippen molar-refractivity contribution < 1.29 is 19.6 Å². The quantitative estimate of drug-likeness (QED) is 0.366. The molecule has 1 rings (SSSR count). The van der Waals surface area contributed by atoms with Gasteiger partial charge in [-0.1, -0.05) is 0 Å². The highest BCUT2D eigenvalue weighted by molar-refractivity contribution is 5.89. The smallest absolute Gasteiger partial charge is 0.371 e. The molecule has 0 bridgehead atoms. The van der Waals surface area contributed by atoms with E-state index in [-0.39, 0.29) is 18.1 Å². The summed E-state index contributed by atoms with van der Waals surface area (Å²) in [5.41, 5.74) is 0.483. The number of carbonyl (C=O) groups is 1. The van der Waals surface area contributed by atoms with E-state index in [1.807, 2.05) is 0 Å². The Hall–Kier alpha value is -2.37. The second-order valence-electron chi connectivity index (χ2n) is 3.10. The van der Waals surface area contributed by atoms with E-state index in [0.29, 0.717) is 5.56 Å². The maximum Gasteiger partial charge on any atom is 0.371 e. The second kappa shape index (κ2) is 5.64. The number of nitro groups is 1. The van der Waals surface area contributed by atoms with Crippen LogP contribution in [0.5, 0.6) is 0 Å². The van der Waals surface area contributed by atoms with Gasteiger partial charge in [-0.15, -0.1) is 0 Å². The van der Waals surface area contributed by atoms with Crippen molar-refractivity contribution in [1.82, 2.24) is 0 Å². The number of hydrogen-bond acceptors (Lipinski definition) is 4. The molecule has 6 heteroatoms. The number of non-ortho nitro benzene ring substituents is 1. The van der Waals surface area contributed by atoms with Crippen LogP contribution >= 0.6 is 0 Å². The summed E-state index contributed by atoms with van der Waals surface area (Å²) in [5.74, 6) is -1.37. The molecule has 0 amide bonds. The minimum Gasteiger partial charge on any atom is -0.487 e. The highest BCUT2D eigenvalue weighted by Gasteiger charge is 2.09. The fraction of sp³-hybridized carbons (Fsp3) is 0.182. The zero-order valence-corrected chi connectivity index (χ0v) is 9.12. The number of nitro benzene ring substituents is 1. The second-order valence-corrected chi connectivity index (χ2v) is 3.10. The zero-order chi connectivity index (χ0) is 12.8. The van der Waals surface area contributed by atoms with Gasteiger partial charge in [0.1, 0.15) is 0 Å². The monoisotopic (exact) mass is 237 g/mol. The molecule has 0 heterocycles. The summed E-state index contributed by atoms with van der Waals surface area (Å²) < 4.78 is 4.91. The highest BCUT2D eigenvalue weighted by atomic mass is 16.6. The van der Waals surface area contributed by atoms with Gasteiger partial charge in [-0.25, -0.2) is 4.79 Å². The number of hydrogen-bond donors (Lipinski definition) is 1. The van der Waals surface area contributed by atoms with Gasteiger partial charge in [0.2, 0.25) is 5.76 Å². The Morgan fingerprint density at radius 2 is 2.06 bits per heavy atom. The average Bonchev–Trinajstić information content (AvgIpc) is 2.29. The summed E-state index contributed by atoms with van der Waals surface area (Å²) in [7, 11) is 0. The molecule has 0 atom stereocenters. The fourth-order valence-electron chi connectivity index (χ4n) is 1.16. The van der Waals surface area contributed by atoms with Gasteiger partial charge in [0.05, 0.1) is 11.5 Å². The molecular weight excluding hydrogens is 226 g/mol. The van der Waals surface area contributed by atoms with E-state index in [0.717, 1.165) is 0 Å². The number of benzene rings is 1. The Kier molecular flexibility index (Phi) is 4.21. The van der Waals surface area contributed by atoms with Gasteiger partial charge in [-0.3, -0.25) is 10.1 Å². The number of rotatable bonds is 5. The molecule has 0 unspecified atom stereocenters. The van der Waals surface area contributed by atoms with Crippen LogP contribution in [0.4, 0.5) is 5.69 Å². The maximum atomic E-state index is 10.8. The van der Waals surface area contributed by atoms with E-state index in [2.05, 4.69) is 0 Å². The summed E-state index contributed by atoms with van der Waals surface area (Å²) in [4.78, 5) is 20.7. The number of carboxylic acids is 1. The average molecular weight is 237 g/mol. The Bertz CT molecular complexity index is 449. The number of carboxylic acid groups (broad SMARTS) is 1. The Balaban J connectivity index is 2.96. The van der Waals surface area contributed by atoms with Crippen molar-refractivity contribution in [3.63, 3.8) is 0 Å². The molecule has 1 aromatic carbocycles. The van der Waals surface area contributed by atoms with Crippen LogP contribution in [0.3, 0.4) is 0 Å². The summed E-state index contributed by atoms with van der Waals surface area (Å²) in [6.45, 7) is 1.91. The molecule has 0 aliphatic rings. The number of nitrogens with zero attached hydrogens (tertiary/aromatic N) is 1. The van der Waals surface area contributed by atoms with Gasteiger partial charge in [-0.05, 0) is 30.7 Å². The van der Waals surface area contributed by atoms with Crippen LogP contribution in [0.2, 0.25) is 0 Å². The van der Waals surface area contributed by atoms with Gasteiger partial charge < -0.3 is 9.84 Å². The summed E-state index contributed by atoms with van der Waals surface area (Å²) in [6.07, 6.45) is 1.32. The Morgan fingerprint density at radius 1 is 1.47 bits per heavy atom. The van der Waals surface area contributed by atoms with E-state index in [1.165, 1.54) is 30.3 Å². The molecule has 1 aromatic rings. The molecule has 0 aliphatic heterocycles. The first kappa shape index (κ1) is 12.7. The van der Waals surface area contributed by atoms with Crippen LogP contribution in [0.1, 0.15) is 12.5 Å². The van der Waals surface area contributed by atoms with Crippen LogP contribution in [0.15, 0.2) is 30.0 Å². The lowest BCUT2D eigenvalue weighted by molar-refractivity contribution is -0.384. The molecular formula is C11H11NO5. The lowest BCUT2D eigenvalue weighted by Gasteiger charge is -2.03. The highest BCUT2D eigenvalue weighted by Crippen LogP contribution is 2.14. The Morgan fingerprint density at radius 3 is 2.47 bits per heavy atom. The van der Waals surface area contributed by atoms with E-state index in [1.54, 1.807) is 6.92 Å². The summed E-state index contributed by atoms with van der Waals surface area (Å²) >= 11 is 0. The topological polar surface area (TPSA) is 89.7 Å². The van der Waals surface area contributed by atoms with Crippen molar-refractivity contribution in [2.45, 2.75) is 6.92 Å². The van der Waals surface area contributed by atoms with Crippen molar-refractivity contribution in [1.29, 1.82) is 0 Å². The largest absolute Gasteiger partial charge is 0.487 e. The van der Waals surface area contributed by atoms with Gasteiger partial charge >= 0.3 is 5.97 Å². The molecule has 0 fully saturated rings. The van der Waals surface area contributed by atoms with E-state index in [4.69, 9.17) is 9.84 Å². The van der Waals surface area contributed by atoms with Gasteiger partial charge in [-0.2, -0.15) is 0 Å². The third kappa shape index (κ3) is 3.60. The van der Waals surface area contributed by atoms with Crippen LogP contribution in [0.25, 0.3) is 6.08 Å². The standard InChI is InChI=1S/C11H11NO5/c1-2-17-10(11(13)14)7-8-3-5-9(6-4-8)12(15)16/h3-7H,2H2,1H3,(H,13,14). The molecule has 0 radical (unpaired) electrons. The SMILES string of the molecule is CCOC(=Cc1ccc([N+](=O)[O-])cc1)C(=O)O. The summed E-state index contributed by atoms with van der Waals surface area (Å²) in [5, 5.41) is 19.2. The van der Waals surface area contributed by atoms with E-state index < -0.39 is 10.9 Å². The first-order valence-corrected chi connectivity index (χ1v) is 4.87. The van der Waals surface area contributed by atoms with Crippen LogP contribution in [-0.4, -0.2) is 22.6 Å². The predicted molar refractivity (Wildman–Crippen MR) is 60.3 cm³/mol. The lowest BCUT2D eigenvalue weighted by atomic mass is 10.2. The Labute approximate surface area is 97.3 Å². The maximum absolute atomic E-state index is 10.8. The van der Waals surface area contributed by atoms with Crippen LogP contribution in [0, 0.1) is 10.1 Å². The number of ether oxygens (including phenoxy) is 1. The van der Waals surface area contributed by atoms with Gasteiger partial charge in [0.15, 0.2) is 0 Å². The van der Waals surface area contributed by atoms with Gasteiger partial charge in [0.25, 0.3) is 5.69 Å². The molecule has 0 saturated carbocycles. The molecule has 1 N–H and O–H groups in total. The first-order valence-electron chi connectivity index (χ1n) is 4.87. The van der Waals surface area contributed by atoms with E-state index in [9.17, 15) is 14.9 Å². The molecule has 0 saturated heterocycles. The molecule has 0 spiro atoms. The summed E-state index contributed by atoms with van der Waals surface area (Å²) in [6, 6.07) is 5.52. The lowest BCUT2D eigenvalue weighted by Crippen LogP contribution is -2.04. The van der Waals surface area contributed by atoms with Crippen molar-refractivity contribution >= 4 is 17.7 Å². The molecule has 0 aromatic heterocycles. The molecule has 6 nitrogen and oxygen atoms in total. The minimum atomic E-state index is -1.18. The molecule has 17 heavy (non-hydrogen) atoms. The zero-order valence-electron chi connectivity index (χ0n) is 9.12. The molecule has 0 aliphatic carbocycles. The normalized spacial score (nSPS) is 11.0. The fourth-order valence-corrected chi connectivity index (χ4v) is 1.16. The van der Waals surface area contributed by atoms with E-state index >= 15 is 0 Å². The molecule has 90 valence electrons. The van der Waals surface area contributed by atoms with Crippen molar-refractivity contribution in [3.05, 3.63) is 45.7 Å². The predicted octanol–water partition coefficient (Wildman–Crippen LogP) is 2.06. The van der Waals surface area contributed by atoms with Crippen molar-refractivity contribution in [2.24, 2.45) is 0 Å². The third-order valence-electron chi connectivity index (χ3n) is 1.91. The van der Waals surface area contributed by atoms with Gasteiger partial charge in [0, 0.05) is 12.1 Å². The minimum absolute atomic E-state index is 0.0459. The first-order chi connectivity index (χ1) is 8.04. The van der Waals surface area contributed by atoms with Crippen LogP contribution < -0.4 is 0 Å².